The van der Waals surface area contributed by atoms with Crippen molar-refractivity contribution in [2.75, 3.05) is 0 Å². The van der Waals surface area contributed by atoms with Gasteiger partial charge in [0.1, 0.15) is 0 Å². The fourth-order valence-electron chi connectivity index (χ4n) is 2.52. The van der Waals surface area contributed by atoms with Crippen LogP contribution in [0.3, 0.4) is 0 Å². The molecule has 0 unspecified atom stereocenters. The molecule has 1 aliphatic rings. The number of carbonyl (C=O) groups is 1. The van der Waals surface area contributed by atoms with Crippen LogP contribution >= 0.6 is 0 Å². The maximum Gasteiger partial charge on any atom is 0.307 e. The number of hydrogen-bond acceptors (Lipinski definition) is 1. The molecule has 1 saturated carbocycles. The summed E-state index contributed by atoms with van der Waals surface area (Å²) < 4.78 is 0. The van der Waals surface area contributed by atoms with Gasteiger partial charge in [-0.3, -0.25) is 4.79 Å². The Labute approximate surface area is 80.3 Å². The van der Waals surface area contributed by atoms with Gasteiger partial charge in [0.2, 0.25) is 0 Å². The van der Waals surface area contributed by atoms with Crippen molar-refractivity contribution in [1.29, 1.82) is 0 Å². The molecule has 2 nitrogen and oxygen atoms in total. The van der Waals surface area contributed by atoms with Crippen LogP contribution in [0.2, 0.25) is 0 Å². The smallest absolute Gasteiger partial charge is 0.307 e. The average Bonchev–Trinajstić information content (AvgIpc) is 2.04. The molecule has 1 fully saturated rings. The lowest BCUT2D eigenvalue weighted by Crippen LogP contribution is -2.29. The van der Waals surface area contributed by atoms with E-state index in [9.17, 15) is 4.79 Å². The molecule has 0 aromatic carbocycles. The van der Waals surface area contributed by atoms with Crippen molar-refractivity contribution in [2.24, 2.45) is 17.8 Å². The van der Waals surface area contributed by atoms with E-state index in [4.69, 9.17) is 5.11 Å². The molecule has 0 amide bonds. The van der Waals surface area contributed by atoms with Gasteiger partial charge in [0.25, 0.3) is 0 Å². The largest absolute Gasteiger partial charge is 0.481 e. The summed E-state index contributed by atoms with van der Waals surface area (Å²) in [5.74, 6) is 0.00838. The number of carboxylic acid groups (broad SMARTS) is 1. The van der Waals surface area contributed by atoms with Gasteiger partial charge in [-0.05, 0) is 24.7 Å². The fraction of sp³-hybridized carbons (Fsp3) is 0.909. The molecule has 0 radical (unpaired) electrons. The van der Waals surface area contributed by atoms with Crippen LogP contribution in [0.1, 0.15) is 46.0 Å². The first-order valence-corrected chi connectivity index (χ1v) is 5.35. The van der Waals surface area contributed by atoms with Crippen LogP contribution in [-0.4, -0.2) is 11.1 Å². The van der Waals surface area contributed by atoms with Gasteiger partial charge in [0, 0.05) is 0 Å². The third kappa shape index (κ3) is 2.71. The van der Waals surface area contributed by atoms with Gasteiger partial charge in [0.05, 0.1) is 5.92 Å². The summed E-state index contributed by atoms with van der Waals surface area (Å²) in [7, 11) is 0. The van der Waals surface area contributed by atoms with E-state index >= 15 is 0 Å². The van der Waals surface area contributed by atoms with Crippen molar-refractivity contribution in [1.82, 2.24) is 0 Å². The molecule has 0 bridgehead atoms. The van der Waals surface area contributed by atoms with Crippen molar-refractivity contribution in [3.63, 3.8) is 0 Å². The first-order chi connectivity index (χ1) is 6.13. The third-order valence-corrected chi connectivity index (χ3v) is 3.16. The molecule has 0 heterocycles. The number of hydrogen-bond donors (Lipinski definition) is 1. The Balaban J connectivity index is 2.57. The van der Waals surface area contributed by atoms with Crippen LogP contribution in [0.4, 0.5) is 0 Å². The fourth-order valence-corrected chi connectivity index (χ4v) is 2.52. The molecule has 76 valence electrons. The van der Waals surface area contributed by atoms with Crippen molar-refractivity contribution in [3.8, 4) is 0 Å². The minimum Gasteiger partial charge on any atom is -0.481 e. The Morgan fingerprint density at radius 3 is 2.15 bits per heavy atom. The van der Waals surface area contributed by atoms with E-state index < -0.39 is 5.97 Å². The quantitative estimate of drug-likeness (QED) is 0.732. The van der Waals surface area contributed by atoms with E-state index in [1.165, 1.54) is 19.3 Å². The Morgan fingerprint density at radius 1 is 1.23 bits per heavy atom. The Kier molecular flexibility index (Phi) is 3.76. The van der Waals surface area contributed by atoms with Crippen molar-refractivity contribution < 1.29 is 9.90 Å². The van der Waals surface area contributed by atoms with Crippen LogP contribution in [0.5, 0.6) is 0 Å². The highest BCUT2D eigenvalue weighted by atomic mass is 16.4. The minimum atomic E-state index is -0.595. The predicted molar refractivity (Wildman–Crippen MR) is 52.5 cm³/mol. The summed E-state index contributed by atoms with van der Waals surface area (Å²) in [4.78, 5) is 11.0. The zero-order valence-corrected chi connectivity index (χ0v) is 8.62. The van der Waals surface area contributed by atoms with Crippen LogP contribution in [0, 0.1) is 17.8 Å². The van der Waals surface area contributed by atoms with E-state index in [1.807, 2.05) is 13.8 Å². The molecule has 1 rings (SSSR count). The van der Waals surface area contributed by atoms with Crippen molar-refractivity contribution in [3.05, 3.63) is 0 Å². The Bertz CT molecular complexity index is 169. The molecular weight excluding hydrogens is 164 g/mol. The van der Waals surface area contributed by atoms with Gasteiger partial charge in [-0.2, -0.15) is 0 Å². The highest BCUT2D eigenvalue weighted by Crippen LogP contribution is 2.33. The molecule has 13 heavy (non-hydrogen) atoms. The lowest BCUT2D eigenvalue weighted by molar-refractivity contribution is -0.146. The minimum absolute atomic E-state index is 0.111. The summed E-state index contributed by atoms with van der Waals surface area (Å²) >= 11 is 0. The van der Waals surface area contributed by atoms with Crippen LogP contribution in [0.25, 0.3) is 0 Å². The third-order valence-electron chi connectivity index (χ3n) is 3.16. The molecule has 0 spiro atoms. The monoisotopic (exact) mass is 184 g/mol. The summed E-state index contributed by atoms with van der Waals surface area (Å²) in [5.41, 5.74) is 0. The zero-order chi connectivity index (χ0) is 9.84. The highest BCUT2D eigenvalue weighted by Gasteiger charge is 2.31. The second-order valence-electron chi connectivity index (χ2n) is 4.51. The SMILES string of the molecule is CC(C)[C@@H](C(=O)O)C1CCCCC1. The first kappa shape index (κ1) is 10.6. The first-order valence-electron chi connectivity index (χ1n) is 5.35. The second kappa shape index (κ2) is 4.64. The van der Waals surface area contributed by atoms with Crippen LogP contribution < -0.4 is 0 Å². The maximum atomic E-state index is 11.0. The van der Waals surface area contributed by atoms with E-state index in [0.717, 1.165) is 12.8 Å². The summed E-state index contributed by atoms with van der Waals surface area (Å²) in [6.07, 6.45) is 5.98. The second-order valence-corrected chi connectivity index (χ2v) is 4.51. The molecule has 0 aliphatic heterocycles. The highest BCUT2D eigenvalue weighted by molar-refractivity contribution is 5.70. The summed E-state index contributed by atoms with van der Waals surface area (Å²) in [6, 6.07) is 0. The van der Waals surface area contributed by atoms with E-state index in [1.54, 1.807) is 0 Å². The lowest BCUT2D eigenvalue weighted by atomic mass is 9.75. The zero-order valence-electron chi connectivity index (χ0n) is 8.62. The molecule has 2 heteroatoms. The molecular formula is C11H20O2. The number of carboxylic acids is 1. The Hall–Kier alpha value is -0.530. The van der Waals surface area contributed by atoms with Crippen LogP contribution in [0.15, 0.2) is 0 Å². The van der Waals surface area contributed by atoms with Crippen molar-refractivity contribution >= 4 is 5.97 Å². The van der Waals surface area contributed by atoms with Crippen molar-refractivity contribution in [2.45, 2.75) is 46.0 Å². The van der Waals surface area contributed by atoms with Gasteiger partial charge >= 0.3 is 5.97 Å². The van der Waals surface area contributed by atoms with Crippen LogP contribution in [-0.2, 0) is 4.79 Å². The molecule has 0 aromatic rings. The Morgan fingerprint density at radius 2 is 1.77 bits per heavy atom. The van der Waals surface area contributed by atoms with Gasteiger partial charge in [-0.25, -0.2) is 0 Å². The van der Waals surface area contributed by atoms with E-state index in [-0.39, 0.29) is 11.8 Å². The topological polar surface area (TPSA) is 37.3 Å². The summed E-state index contributed by atoms with van der Waals surface area (Å²) in [6.45, 7) is 4.04. The molecule has 1 aliphatic carbocycles. The molecule has 0 aromatic heterocycles. The molecule has 1 atom stereocenters. The molecule has 0 saturated heterocycles. The number of aliphatic carboxylic acids is 1. The lowest BCUT2D eigenvalue weighted by Gasteiger charge is -2.29. The average molecular weight is 184 g/mol. The molecule has 1 N–H and O–H groups in total. The van der Waals surface area contributed by atoms with E-state index in [0.29, 0.717) is 5.92 Å². The normalized spacial score (nSPS) is 21.8. The predicted octanol–water partition coefficient (Wildman–Crippen LogP) is 2.92. The maximum absolute atomic E-state index is 11.0. The summed E-state index contributed by atoms with van der Waals surface area (Å²) in [5, 5.41) is 9.10. The number of rotatable bonds is 3. The van der Waals surface area contributed by atoms with Gasteiger partial charge < -0.3 is 5.11 Å². The van der Waals surface area contributed by atoms with Gasteiger partial charge in [-0.1, -0.05) is 33.1 Å². The standard InChI is InChI=1S/C11H20O2/c1-8(2)10(11(12)13)9-6-4-3-5-7-9/h8-10H,3-7H2,1-2H3,(H,12,13)/t10-/m1/s1. The van der Waals surface area contributed by atoms with E-state index in [2.05, 4.69) is 0 Å². The van der Waals surface area contributed by atoms with Gasteiger partial charge in [-0.15, -0.1) is 0 Å². The van der Waals surface area contributed by atoms with Gasteiger partial charge in [0.15, 0.2) is 0 Å².